The lowest BCUT2D eigenvalue weighted by Crippen LogP contribution is -2.43. The fraction of sp³-hybridized carbons (Fsp3) is 0.467. The van der Waals surface area contributed by atoms with Gasteiger partial charge in [-0.2, -0.15) is 0 Å². The topological polar surface area (TPSA) is 76.1 Å². The van der Waals surface area contributed by atoms with Gasteiger partial charge in [0.25, 0.3) is 0 Å². The molecule has 0 saturated carbocycles. The minimum absolute atomic E-state index is 0.280. The Hall–Kier alpha value is -2.24. The molecule has 1 aromatic carbocycles. The van der Waals surface area contributed by atoms with Gasteiger partial charge in [0, 0.05) is 7.05 Å². The molecule has 0 aromatic heterocycles. The number of aliphatic carboxylic acids is 1. The number of hydrogen-bond acceptors (Lipinski definition) is 4. The predicted octanol–water partition coefficient (Wildman–Crippen LogP) is 1.52. The van der Waals surface area contributed by atoms with Crippen LogP contribution >= 0.6 is 0 Å². The van der Waals surface area contributed by atoms with Crippen molar-refractivity contribution in [1.82, 2.24) is 4.90 Å². The zero-order valence-corrected chi connectivity index (χ0v) is 13.0. The minimum Gasteiger partial charge on any atom is -0.493 e. The maximum absolute atomic E-state index is 12.4. The van der Waals surface area contributed by atoms with E-state index < -0.39 is 11.4 Å². The fourth-order valence-electron chi connectivity index (χ4n) is 2.10. The van der Waals surface area contributed by atoms with Crippen LogP contribution < -0.4 is 9.47 Å². The summed E-state index contributed by atoms with van der Waals surface area (Å²) in [4.78, 5) is 24.4. The summed E-state index contributed by atoms with van der Waals surface area (Å²) in [6.07, 6.45) is 0. The number of carboxylic acids is 1. The third kappa shape index (κ3) is 3.65. The van der Waals surface area contributed by atoms with Crippen LogP contribution in [0.1, 0.15) is 19.4 Å². The van der Waals surface area contributed by atoms with Crippen molar-refractivity contribution >= 4 is 11.9 Å². The Morgan fingerprint density at radius 1 is 1.19 bits per heavy atom. The normalized spacial score (nSPS) is 10.9. The van der Waals surface area contributed by atoms with Crippen LogP contribution in [0, 0.1) is 0 Å². The predicted molar refractivity (Wildman–Crippen MR) is 77.8 cm³/mol. The number of amides is 1. The molecule has 1 N–H and O–H groups in total. The largest absolute Gasteiger partial charge is 0.493 e. The summed E-state index contributed by atoms with van der Waals surface area (Å²) < 4.78 is 10.4. The van der Waals surface area contributed by atoms with Crippen molar-refractivity contribution in [2.24, 2.45) is 0 Å². The molecule has 21 heavy (non-hydrogen) atoms. The van der Waals surface area contributed by atoms with Gasteiger partial charge in [-0.1, -0.05) is 6.07 Å². The summed E-state index contributed by atoms with van der Waals surface area (Å²) in [5, 5.41) is 8.79. The Kier molecular flexibility index (Phi) is 5.18. The van der Waals surface area contributed by atoms with E-state index in [1.807, 2.05) is 0 Å². The molecule has 0 aliphatic rings. The third-order valence-electron chi connectivity index (χ3n) is 3.36. The molecule has 1 rings (SSSR count). The van der Waals surface area contributed by atoms with E-state index >= 15 is 0 Å². The van der Waals surface area contributed by atoms with Crippen LogP contribution in [0.15, 0.2) is 18.2 Å². The molecule has 1 aromatic rings. The molecule has 0 aliphatic carbocycles. The van der Waals surface area contributed by atoms with E-state index in [2.05, 4.69) is 0 Å². The van der Waals surface area contributed by atoms with Crippen molar-refractivity contribution < 1.29 is 24.2 Å². The number of rotatable bonds is 6. The summed E-state index contributed by atoms with van der Waals surface area (Å²) in [6, 6.07) is 5.22. The van der Waals surface area contributed by atoms with E-state index in [1.54, 1.807) is 32.0 Å². The Balaban J connectivity index is 3.12. The van der Waals surface area contributed by atoms with E-state index in [9.17, 15) is 9.59 Å². The average Bonchev–Trinajstić information content (AvgIpc) is 2.44. The molecule has 0 saturated heterocycles. The van der Waals surface area contributed by atoms with Crippen molar-refractivity contribution in [2.45, 2.75) is 19.3 Å². The number of likely N-dealkylation sites (N-methyl/N-ethyl adjacent to an activating group) is 1. The maximum Gasteiger partial charge on any atom is 0.323 e. The van der Waals surface area contributed by atoms with E-state index in [0.29, 0.717) is 11.5 Å². The Morgan fingerprint density at radius 2 is 1.76 bits per heavy atom. The number of carbonyl (C=O) groups excluding carboxylic acids is 1. The first kappa shape index (κ1) is 16.8. The SMILES string of the molecule is COc1ccc(C(C)(C)C(=O)N(C)CC(=O)O)cc1OC. The first-order valence-electron chi connectivity index (χ1n) is 6.44. The summed E-state index contributed by atoms with van der Waals surface area (Å²) in [6.45, 7) is 3.15. The van der Waals surface area contributed by atoms with Crippen LogP contribution in [0.5, 0.6) is 11.5 Å². The maximum atomic E-state index is 12.4. The molecule has 0 heterocycles. The molecule has 0 spiro atoms. The number of ether oxygens (including phenoxy) is 2. The van der Waals surface area contributed by atoms with Crippen LogP contribution in [-0.4, -0.2) is 49.7 Å². The van der Waals surface area contributed by atoms with Gasteiger partial charge >= 0.3 is 5.97 Å². The standard InChI is InChI=1S/C15H21NO5/c1-15(2,14(19)16(3)9-13(17)18)10-6-7-11(20-4)12(8-10)21-5/h6-8H,9H2,1-5H3,(H,17,18). The van der Waals surface area contributed by atoms with Gasteiger partial charge in [0.2, 0.25) is 5.91 Å². The van der Waals surface area contributed by atoms with Gasteiger partial charge in [0.05, 0.1) is 19.6 Å². The van der Waals surface area contributed by atoms with E-state index in [0.717, 1.165) is 5.56 Å². The molecule has 6 nitrogen and oxygen atoms in total. The third-order valence-corrected chi connectivity index (χ3v) is 3.36. The molecular formula is C15H21NO5. The van der Waals surface area contributed by atoms with Crippen LogP contribution in [0.2, 0.25) is 0 Å². The fourth-order valence-corrected chi connectivity index (χ4v) is 2.10. The molecular weight excluding hydrogens is 274 g/mol. The zero-order valence-electron chi connectivity index (χ0n) is 13.0. The van der Waals surface area contributed by atoms with Crippen molar-refractivity contribution in [3.8, 4) is 11.5 Å². The highest BCUT2D eigenvalue weighted by atomic mass is 16.5. The van der Waals surface area contributed by atoms with Crippen LogP contribution in [0.4, 0.5) is 0 Å². The number of methoxy groups -OCH3 is 2. The number of benzene rings is 1. The number of carboxylic acid groups (broad SMARTS) is 1. The molecule has 116 valence electrons. The van der Waals surface area contributed by atoms with Crippen molar-refractivity contribution in [3.05, 3.63) is 23.8 Å². The summed E-state index contributed by atoms with van der Waals surface area (Å²) in [7, 11) is 4.53. The average molecular weight is 295 g/mol. The second-order valence-corrected chi connectivity index (χ2v) is 5.25. The highest BCUT2D eigenvalue weighted by molar-refractivity contribution is 5.89. The Labute approximate surface area is 124 Å². The lowest BCUT2D eigenvalue weighted by molar-refractivity contribution is -0.145. The van der Waals surface area contributed by atoms with Gasteiger partial charge in [-0.3, -0.25) is 9.59 Å². The second kappa shape index (κ2) is 6.47. The van der Waals surface area contributed by atoms with Crippen LogP contribution in [0.25, 0.3) is 0 Å². The van der Waals surface area contributed by atoms with Gasteiger partial charge < -0.3 is 19.5 Å². The van der Waals surface area contributed by atoms with Gasteiger partial charge in [0.15, 0.2) is 11.5 Å². The van der Waals surface area contributed by atoms with Crippen LogP contribution in [0.3, 0.4) is 0 Å². The Bertz CT molecular complexity index is 539. The van der Waals surface area contributed by atoms with Crippen molar-refractivity contribution in [3.63, 3.8) is 0 Å². The highest BCUT2D eigenvalue weighted by Crippen LogP contribution is 2.34. The summed E-state index contributed by atoms with van der Waals surface area (Å²) in [5.41, 5.74) is -0.147. The Morgan fingerprint density at radius 3 is 2.24 bits per heavy atom. The molecule has 6 heteroatoms. The summed E-state index contributed by atoms with van der Waals surface area (Å²) in [5.74, 6) is -0.230. The molecule has 0 aliphatic heterocycles. The number of nitrogens with zero attached hydrogens (tertiary/aromatic N) is 1. The molecule has 0 atom stereocenters. The smallest absolute Gasteiger partial charge is 0.323 e. The molecule has 0 fully saturated rings. The first-order valence-corrected chi connectivity index (χ1v) is 6.44. The molecule has 0 bridgehead atoms. The van der Waals surface area contributed by atoms with Gasteiger partial charge in [-0.05, 0) is 31.5 Å². The quantitative estimate of drug-likeness (QED) is 0.861. The zero-order chi connectivity index (χ0) is 16.2. The van der Waals surface area contributed by atoms with Gasteiger partial charge in [-0.15, -0.1) is 0 Å². The summed E-state index contributed by atoms with van der Waals surface area (Å²) >= 11 is 0. The monoisotopic (exact) mass is 295 g/mol. The first-order chi connectivity index (χ1) is 9.73. The van der Waals surface area contributed by atoms with Gasteiger partial charge in [-0.25, -0.2) is 0 Å². The lowest BCUT2D eigenvalue weighted by Gasteiger charge is -2.29. The van der Waals surface area contributed by atoms with E-state index in [1.165, 1.54) is 26.2 Å². The molecule has 0 unspecified atom stereocenters. The van der Waals surface area contributed by atoms with E-state index in [4.69, 9.17) is 14.6 Å². The van der Waals surface area contributed by atoms with Crippen molar-refractivity contribution in [1.29, 1.82) is 0 Å². The number of carbonyl (C=O) groups is 2. The second-order valence-electron chi connectivity index (χ2n) is 5.25. The minimum atomic E-state index is -1.05. The van der Waals surface area contributed by atoms with Crippen molar-refractivity contribution in [2.75, 3.05) is 27.8 Å². The van der Waals surface area contributed by atoms with Gasteiger partial charge in [0.1, 0.15) is 6.54 Å². The lowest BCUT2D eigenvalue weighted by atomic mass is 9.83. The van der Waals surface area contributed by atoms with E-state index in [-0.39, 0.29) is 12.5 Å². The molecule has 0 radical (unpaired) electrons. The molecule has 1 amide bonds. The van der Waals surface area contributed by atoms with Crippen LogP contribution in [-0.2, 0) is 15.0 Å². The number of hydrogen-bond donors (Lipinski definition) is 1. The highest BCUT2D eigenvalue weighted by Gasteiger charge is 2.33.